The number of carbonyl (C=O) groups is 1. The Morgan fingerprint density at radius 2 is 1.64 bits per heavy atom. The predicted molar refractivity (Wildman–Crippen MR) is 183 cm³/mol. The van der Waals surface area contributed by atoms with Crippen molar-refractivity contribution in [2.24, 2.45) is 0 Å². The van der Waals surface area contributed by atoms with Gasteiger partial charge < -0.3 is 24.2 Å². The molecule has 0 bridgehead atoms. The molecule has 7 nitrogen and oxygen atoms in total. The Bertz CT molecular complexity index is 1760. The summed E-state index contributed by atoms with van der Waals surface area (Å²) in [5.41, 5.74) is 3.52. The average molecular weight is 635 g/mol. The standard InChI is InChI=1S/C39H43FN4O3/c1-3-47-34-19-15-30(16-20-34)32(28-42(2)37(45)31-9-5-4-6-10-31)21-24-43-25-22-39(46,23-26-43)38-41-35-11-7-8-12-36(35)44(38)27-29-13-17-33(40)18-14-29/h4-20,32,46H,3,21-28H2,1-2H3. The molecule has 1 aliphatic rings. The number of rotatable bonds is 12. The van der Waals surface area contributed by atoms with E-state index in [1.54, 1.807) is 12.1 Å². The summed E-state index contributed by atoms with van der Waals surface area (Å²) in [6.07, 6.45) is 1.97. The van der Waals surface area contributed by atoms with Gasteiger partial charge in [0.25, 0.3) is 5.91 Å². The summed E-state index contributed by atoms with van der Waals surface area (Å²) >= 11 is 0. The highest BCUT2D eigenvalue weighted by molar-refractivity contribution is 5.94. The second-order valence-corrected chi connectivity index (χ2v) is 12.5. The van der Waals surface area contributed by atoms with Gasteiger partial charge in [-0.3, -0.25) is 4.79 Å². The molecule has 5 aromatic rings. The van der Waals surface area contributed by atoms with Crippen LogP contribution in [0.4, 0.5) is 4.39 Å². The lowest BCUT2D eigenvalue weighted by molar-refractivity contribution is -0.0353. The lowest BCUT2D eigenvalue weighted by Crippen LogP contribution is -2.44. The normalized spacial score (nSPS) is 15.4. The minimum absolute atomic E-state index is 0.00750. The van der Waals surface area contributed by atoms with Crippen molar-refractivity contribution in [3.63, 3.8) is 0 Å². The number of piperidine rings is 1. The number of hydrogen-bond donors (Lipinski definition) is 1. The number of para-hydroxylation sites is 2. The zero-order chi connectivity index (χ0) is 32.8. The monoisotopic (exact) mass is 634 g/mol. The third kappa shape index (κ3) is 7.56. The summed E-state index contributed by atoms with van der Waals surface area (Å²) in [7, 11) is 1.87. The number of aromatic nitrogens is 2. The fourth-order valence-corrected chi connectivity index (χ4v) is 6.65. The number of hydrogen-bond acceptors (Lipinski definition) is 5. The molecule has 0 saturated carbocycles. The summed E-state index contributed by atoms with van der Waals surface area (Å²) in [6, 6.07) is 32.1. The zero-order valence-electron chi connectivity index (χ0n) is 27.2. The van der Waals surface area contributed by atoms with Gasteiger partial charge in [0.2, 0.25) is 0 Å². The molecule has 1 saturated heterocycles. The number of halogens is 1. The summed E-state index contributed by atoms with van der Waals surface area (Å²) in [4.78, 5) is 22.4. The SMILES string of the molecule is CCOc1ccc(C(CCN2CCC(O)(c3nc4ccccc4n3Cc3ccc(F)cc3)CC2)CN(C)C(=O)c2ccccc2)cc1. The molecule has 1 amide bonds. The van der Waals surface area contributed by atoms with Crippen LogP contribution in [0.3, 0.4) is 0 Å². The Morgan fingerprint density at radius 3 is 2.34 bits per heavy atom. The number of benzene rings is 4. The van der Waals surface area contributed by atoms with Crippen LogP contribution in [0.25, 0.3) is 11.0 Å². The number of nitrogens with zero attached hydrogens (tertiary/aromatic N) is 4. The quantitative estimate of drug-likeness (QED) is 0.163. The molecular weight excluding hydrogens is 591 g/mol. The largest absolute Gasteiger partial charge is 0.494 e. The number of imidazole rings is 1. The maximum atomic E-state index is 13.6. The molecule has 1 unspecified atom stereocenters. The molecule has 0 radical (unpaired) electrons. The number of aliphatic hydroxyl groups is 1. The highest BCUT2D eigenvalue weighted by atomic mass is 19.1. The second-order valence-electron chi connectivity index (χ2n) is 12.5. The van der Waals surface area contributed by atoms with Crippen molar-refractivity contribution in [2.75, 3.05) is 39.8 Å². The molecule has 6 rings (SSSR count). The van der Waals surface area contributed by atoms with Crippen molar-refractivity contribution >= 4 is 16.9 Å². The number of likely N-dealkylation sites (N-methyl/N-ethyl adjacent to an activating group) is 1. The second kappa shape index (κ2) is 14.5. The number of ether oxygens (including phenoxy) is 1. The van der Waals surface area contributed by atoms with Crippen LogP contribution in [0.1, 0.15) is 59.4 Å². The van der Waals surface area contributed by atoms with Gasteiger partial charge in [0, 0.05) is 44.7 Å². The van der Waals surface area contributed by atoms with Gasteiger partial charge in [-0.25, -0.2) is 9.37 Å². The van der Waals surface area contributed by atoms with E-state index >= 15 is 0 Å². The lowest BCUT2D eigenvalue weighted by atomic mass is 9.89. The molecule has 1 atom stereocenters. The fourth-order valence-electron chi connectivity index (χ4n) is 6.65. The predicted octanol–water partition coefficient (Wildman–Crippen LogP) is 6.85. The maximum absolute atomic E-state index is 13.6. The first-order valence-corrected chi connectivity index (χ1v) is 16.5. The van der Waals surface area contributed by atoms with E-state index in [0.717, 1.165) is 48.4 Å². The molecule has 244 valence electrons. The molecule has 0 aliphatic carbocycles. The molecule has 4 aromatic carbocycles. The van der Waals surface area contributed by atoms with Gasteiger partial charge in [-0.05, 0) is 92.4 Å². The number of likely N-dealkylation sites (tertiary alicyclic amines) is 1. The maximum Gasteiger partial charge on any atom is 0.253 e. The minimum atomic E-state index is -1.08. The number of fused-ring (bicyclic) bond motifs is 1. The van der Waals surface area contributed by atoms with E-state index in [9.17, 15) is 14.3 Å². The van der Waals surface area contributed by atoms with Crippen molar-refractivity contribution in [1.82, 2.24) is 19.4 Å². The van der Waals surface area contributed by atoms with E-state index in [1.807, 2.05) is 85.6 Å². The third-order valence-corrected chi connectivity index (χ3v) is 9.33. The molecule has 1 aromatic heterocycles. The van der Waals surface area contributed by atoms with E-state index in [-0.39, 0.29) is 17.6 Å². The van der Waals surface area contributed by atoms with Gasteiger partial charge >= 0.3 is 0 Å². The van der Waals surface area contributed by atoms with Crippen LogP contribution in [0.15, 0.2) is 103 Å². The first-order chi connectivity index (χ1) is 22.8. The smallest absolute Gasteiger partial charge is 0.253 e. The van der Waals surface area contributed by atoms with Crippen molar-refractivity contribution in [2.45, 2.75) is 44.2 Å². The van der Waals surface area contributed by atoms with Crippen LogP contribution in [0, 0.1) is 5.82 Å². The molecule has 0 spiro atoms. The van der Waals surface area contributed by atoms with Crippen LogP contribution in [0.2, 0.25) is 0 Å². The zero-order valence-corrected chi connectivity index (χ0v) is 27.2. The topological polar surface area (TPSA) is 70.8 Å². The first-order valence-electron chi connectivity index (χ1n) is 16.5. The number of amides is 1. The number of carbonyl (C=O) groups excluding carboxylic acids is 1. The van der Waals surface area contributed by atoms with Gasteiger partial charge in [0.1, 0.15) is 23.0 Å². The van der Waals surface area contributed by atoms with Crippen molar-refractivity contribution in [1.29, 1.82) is 0 Å². The minimum Gasteiger partial charge on any atom is -0.494 e. The van der Waals surface area contributed by atoms with Crippen molar-refractivity contribution in [3.8, 4) is 5.75 Å². The van der Waals surface area contributed by atoms with Crippen LogP contribution < -0.4 is 4.74 Å². The van der Waals surface area contributed by atoms with Crippen LogP contribution in [-0.4, -0.2) is 70.2 Å². The Hall–Kier alpha value is -4.53. The van der Waals surface area contributed by atoms with Crippen molar-refractivity contribution < 1.29 is 19.0 Å². The van der Waals surface area contributed by atoms with E-state index in [2.05, 4.69) is 21.6 Å². The highest BCUT2D eigenvalue weighted by Gasteiger charge is 2.38. The van der Waals surface area contributed by atoms with Crippen LogP contribution in [-0.2, 0) is 12.1 Å². The summed E-state index contributed by atoms with van der Waals surface area (Å²) in [5, 5.41) is 12.1. The molecule has 1 aliphatic heterocycles. The van der Waals surface area contributed by atoms with E-state index < -0.39 is 5.60 Å². The highest BCUT2D eigenvalue weighted by Crippen LogP contribution is 2.35. The fraction of sp³-hybridized carbons (Fsp3) is 0.333. The lowest BCUT2D eigenvalue weighted by Gasteiger charge is -2.38. The molecule has 8 heteroatoms. The molecule has 1 N–H and O–H groups in total. The van der Waals surface area contributed by atoms with E-state index in [0.29, 0.717) is 43.9 Å². The summed E-state index contributed by atoms with van der Waals surface area (Å²) < 4.78 is 21.4. The van der Waals surface area contributed by atoms with Crippen LogP contribution >= 0.6 is 0 Å². The van der Waals surface area contributed by atoms with Gasteiger partial charge in [-0.2, -0.15) is 0 Å². The molecule has 47 heavy (non-hydrogen) atoms. The Labute approximate surface area is 276 Å². The van der Waals surface area contributed by atoms with Gasteiger partial charge in [0.05, 0.1) is 17.6 Å². The van der Waals surface area contributed by atoms with Crippen molar-refractivity contribution in [3.05, 3.63) is 131 Å². The van der Waals surface area contributed by atoms with Gasteiger partial charge in [0.15, 0.2) is 0 Å². The first kappa shape index (κ1) is 32.4. The average Bonchev–Trinajstić information content (AvgIpc) is 3.48. The Kier molecular flexibility index (Phi) is 9.99. The van der Waals surface area contributed by atoms with Gasteiger partial charge in [-0.15, -0.1) is 0 Å². The Morgan fingerprint density at radius 1 is 0.957 bits per heavy atom. The van der Waals surface area contributed by atoms with E-state index in [1.165, 1.54) is 17.7 Å². The molecule has 2 heterocycles. The van der Waals surface area contributed by atoms with Crippen LogP contribution in [0.5, 0.6) is 5.75 Å². The summed E-state index contributed by atoms with van der Waals surface area (Å²) in [6.45, 7) is 5.97. The molecule has 1 fully saturated rings. The van der Waals surface area contributed by atoms with E-state index in [4.69, 9.17) is 9.72 Å². The third-order valence-electron chi connectivity index (χ3n) is 9.33. The summed E-state index contributed by atoms with van der Waals surface area (Å²) in [5.74, 6) is 1.37. The molecular formula is C39H43FN4O3. The Balaban J connectivity index is 1.15. The van der Waals surface area contributed by atoms with Gasteiger partial charge in [-0.1, -0.05) is 54.6 Å².